The standard InChI is InChI=1S/C33H60N2O3/c1-22(19-31(35-18-8-17-34)27(20-36)23(2)21-38-24(3)37)28-12-13-29-26-11-10-25-9-6-7-15-32(25,4)30(26)14-16-33(28,29)5/h22-23,25-31,35-36H,6-21,34H2,1-5H3/t22-,23?,25?,26+,27+,28-,29+,30+,31?,32+,33-/m1/s1. The van der Waals surface area contributed by atoms with Crippen molar-refractivity contribution in [1.82, 2.24) is 5.32 Å². The fourth-order valence-electron chi connectivity index (χ4n) is 10.7. The number of aliphatic hydroxyl groups is 1. The second kappa shape index (κ2) is 12.9. The SMILES string of the molecule is CC(=O)OCC(C)[C@H](CO)C(C[C@@H](C)[C@H]1CC[C@H]2[C@@H]3CCC4CCCC[C@]4(C)[C@H]3CC[C@]12C)NCCCN. The largest absolute Gasteiger partial charge is 0.466 e. The summed E-state index contributed by atoms with van der Waals surface area (Å²) in [5.74, 6) is 5.08. The first-order valence-electron chi connectivity index (χ1n) is 16.3. The van der Waals surface area contributed by atoms with Crippen LogP contribution in [-0.4, -0.2) is 43.4 Å². The number of carbonyl (C=O) groups excluding carboxylic acids is 1. The Kier molecular flexibility index (Phi) is 10.3. The third kappa shape index (κ3) is 6.00. The van der Waals surface area contributed by atoms with Crippen molar-refractivity contribution in [1.29, 1.82) is 0 Å². The van der Waals surface area contributed by atoms with Gasteiger partial charge in [0, 0.05) is 25.5 Å². The molecule has 0 heterocycles. The second-order valence-corrected chi connectivity index (χ2v) is 14.7. The molecule has 4 fully saturated rings. The van der Waals surface area contributed by atoms with Gasteiger partial charge in [0.2, 0.25) is 0 Å². The summed E-state index contributed by atoms with van der Waals surface area (Å²) in [7, 11) is 0. The topological polar surface area (TPSA) is 84.6 Å². The van der Waals surface area contributed by atoms with E-state index in [2.05, 4.69) is 33.0 Å². The van der Waals surface area contributed by atoms with Gasteiger partial charge in [0.1, 0.15) is 0 Å². The van der Waals surface area contributed by atoms with Crippen LogP contribution in [0.25, 0.3) is 0 Å². The minimum absolute atomic E-state index is 0.0665. The molecule has 220 valence electrons. The van der Waals surface area contributed by atoms with Gasteiger partial charge in [0.15, 0.2) is 0 Å². The van der Waals surface area contributed by atoms with Crippen molar-refractivity contribution in [2.75, 3.05) is 26.3 Å². The Hall–Kier alpha value is -0.650. The van der Waals surface area contributed by atoms with Crippen molar-refractivity contribution >= 4 is 5.97 Å². The maximum absolute atomic E-state index is 11.4. The molecule has 3 unspecified atom stereocenters. The molecule has 0 radical (unpaired) electrons. The second-order valence-electron chi connectivity index (χ2n) is 14.7. The first-order valence-corrected chi connectivity index (χ1v) is 16.3. The van der Waals surface area contributed by atoms with Gasteiger partial charge in [-0.2, -0.15) is 0 Å². The van der Waals surface area contributed by atoms with Crippen molar-refractivity contribution in [3.8, 4) is 0 Å². The highest BCUT2D eigenvalue weighted by Crippen LogP contribution is 2.68. The summed E-state index contributed by atoms with van der Waals surface area (Å²) in [6, 6.07) is 0.211. The summed E-state index contributed by atoms with van der Waals surface area (Å²) >= 11 is 0. The normalized spacial score (nSPS) is 39.8. The summed E-state index contributed by atoms with van der Waals surface area (Å²) in [6.07, 6.45) is 16.5. The molecule has 0 spiro atoms. The Morgan fingerprint density at radius 3 is 2.50 bits per heavy atom. The molecule has 4 aliphatic rings. The Morgan fingerprint density at radius 1 is 1.03 bits per heavy atom. The fraction of sp³-hybridized carbons (Fsp3) is 0.970. The third-order valence-corrected chi connectivity index (χ3v) is 12.8. The van der Waals surface area contributed by atoms with Crippen LogP contribution in [0.1, 0.15) is 112 Å². The summed E-state index contributed by atoms with van der Waals surface area (Å²) in [5.41, 5.74) is 6.88. The average molecular weight is 533 g/mol. The van der Waals surface area contributed by atoms with E-state index in [1.165, 1.54) is 71.1 Å². The lowest BCUT2D eigenvalue weighted by molar-refractivity contribution is -0.143. The molecular formula is C33H60N2O3. The number of esters is 1. The quantitative estimate of drug-likeness (QED) is 0.207. The van der Waals surface area contributed by atoms with Gasteiger partial charge >= 0.3 is 5.97 Å². The molecule has 0 aromatic heterocycles. The lowest BCUT2D eigenvalue weighted by Gasteiger charge is -2.61. The van der Waals surface area contributed by atoms with Crippen LogP contribution < -0.4 is 11.1 Å². The van der Waals surface area contributed by atoms with E-state index >= 15 is 0 Å². The summed E-state index contributed by atoms with van der Waals surface area (Å²) in [4.78, 5) is 11.4. The van der Waals surface area contributed by atoms with Gasteiger partial charge in [0.25, 0.3) is 0 Å². The van der Waals surface area contributed by atoms with Crippen LogP contribution in [0.15, 0.2) is 0 Å². The van der Waals surface area contributed by atoms with Crippen molar-refractivity contribution in [2.45, 2.75) is 118 Å². The highest BCUT2D eigenvalue weighted by molar-refractivity contribution is 5.65. The minimum atomic E-state index is -0.244. The fourth-order valence-corrected chi connectivity index (χ4v) is 10.7. The zero-order valence-electron chi connectivity index (χ0n) is 25.4. The van der Waals surface area contributed by atoms with Crippen LogP contribution in [0.4, 0.5) is 0 Å². The zero-order valence-corrected chi connectivity index (χ0v) is 25.4. The summed E-state index contributed by atoms with van der Waals surface area (Å²) < 4.78 is 5.35. The van der Waals surface area contributed by atoms with Crippen LogP contribution in [0.2, 0.25) is 0 Å². The van der Waals surface area contributed by atoms with Crippen LogP contribution in [0.3, 0.4) is 0 Å². The van der Waals surface area contributed by atoms with E-state index < -0.39 is 0 Å². The minimum Gasteiger partial charge on any atom is -0.466 e. The number of aliphatic hydroxyl groups excluding tert-OH is 1. The molecule has 0 aromatic carbocycles. The highest BCUT2D eigenvalue weighted by atomic mass is 16.5. The number of nitrogens with two attached hydrogens (primary N) is 1. The molecule has 11 atom stereocenters. The van der Waals surface area contributed by atoms with E-state index in [4.69, 9.17) is 10.5 Å². The van der Waals surface area contributed by atoms with E-state index in [9.17, 15) is 9.90 Å². The van der Waals surface area contributed by atoms with Crippen molar-refractivity contribution in [3.63, 3.8) is 0 Å². The zero-order chi connectivity index (χ0) is 27.5. The van der Waals surface area contributed by atoms with Crippen LogP contribution in [-0.2, 0) is 9.53 Å². The van der Waals surface area contributed by atoms with Gasteiger partial charge in [-0.15, -0.1) is 0 Å². The number of hydrogen-bond donors (Lipinski definition) is 3. The number of nitrogens with one attached hydrogen (secondary N) is 1. The van der Waals surface area contributed by atoms with E-state index in [1.807, 2.05) is 0 Å². The van der Waals surface area contributed by atoms with Crippen LogP contribution in [0, 0.1) is 58.2 Å². The van der Waals surface area contributed by atoms with Crippen LogP contribution in [0.5, 0.6) is 0 Å². The predicted octanol–water partition coefficient (Wildman–Crippen LogP) is 6.18. The molecule has 5 heteroatoms. The molecule has 0 amide bonds. The molecule has 0 saturated heterocycles. The monoisotopic (exact) mass is 532 g/mol. The average Bonchev–Trinajstić information content (AvgIpc) is 3.25. The lowest BCUT2D eigenvalue weighted by Crippen LogP contribution is -2.53. The molecule has 0 aromatic rings. The molecule has 4 aliphatic carbocycles. The van der Waals surface area contributed by atoms with Gasteiger partial charge < -0.3 is 20.9 Å². The number of carbonyl (C=O) groups is 1. The number of ether oxygens (including phenoxy) is 1. The van der Waals surface area contributed by atoms with Crippen LogP contribution >= 0.6 is 0 Å². The Morgan fingerprint density at radius 2 is 1.79 bits per heavy atom. The Balaban J connectivity index is 1.46. The lowest BCUT2D eigenvalue weighted by atomic mass is 9.44. The molecule has 4 rings (SSSR count). The summed E-state index contributed by atoms with van der Waals surface area (Å²) in [5, 5.41) is 14.2. The van der Waals surface area contributed by atoms with Gasteiger partial charge in [-0.05, 0) is 130 Å². The van der Waals surface area contributed by atoms with Crippen molar-refractivity contribution in [3.05, 3.63) is 0 Å². The van der Waals surface area contributed by atoms with E-state index in [0.717, 1.165) is 49.0 Å². The maximum atomic E-state index is 11.4. The van der Waals surface area contributed by atoms with Gasteiger partial charge in [-0.1, -0.05) is 40.5 Å². The van der Waals surface area contributed by atoms with Gasteiger partial charge in [-0.25, -0.2) is 0 Å². The van der Waals surface area contributed by atoms with E-state index in [0.29, 0.717) is 29.9 Å². The molecular weight excluding hydrogens is 472 g/mol. The number of fused-ring (bicyclic) bond motifs is 5. The first kappa shape index (κ1) is 30.3. The molecule has 4 saturated carbocycles. The molecule has 0 bridgehead atoms. The molecule has 38 heavy (non-hydrogen) atoms. The van der Waals surface area contributed by atoms with E-state index in [1.54, 1.807) is 0 Å². The van der Waals surface area contributed by atoms with Gasteiger partial charge in [-0.3, -0.25) is 4.79 Å². The van der Waals surface area contributed by atoms with Crippen molar-refractivity contribution < 1.29 is 14.6 Å². The highest BCUT2D eigenvalue weighted by Gasteiger charge is 2.60. The predicted molar refractivity (Wildman–Crippen MR) is 155 cm³/mol. The smallest absolute Gasteiger partial charge is 0.302 e. The molecule has 5 nitrogen and oxygen atoms in total. The molecule has 4 N–H and O–H groups in total. The third-order valence-electron chi connectivity index (χ3n) is 12.8. The first-order chi connectivity index (χ1) is 18.2. The maximum Gasteiger partial charge on any atom is 0.302 e. The van der Waals surface area contributed by atoms with Crippen molar-refractivity contribution in [2.24, 2.45) is 63.9 Å². The summed E-state index contributed by atoms with van der Waals surface area (Å²) in [6.45, 7) is 13.5. The Labute approximate surface area is 233 Å². The molecule has 0 aliphatic heterocycles. The number of hydrogen-bond acceptors (Lipinski definition) is 5. The van der Waals surface area contributed by atoms with E-state index in [-0.39, 0.29) is 30.5 Å². The number of rotatable bonds is 12. The van der Waals surface area contributed by atoms with Gasteiger partial charge in [0.05, 0.1) is 6.61 Å². The Bertz CT molecular complexity index is 775.